The van der Waals surface area contributed by atoms with Gasteiger partial charge >= 0.3 is 0 Å². The van der Waals surface area contributed by atoms with E-state index in [1.807, 2.05) is 0 Å². The van der Waals surface area contributed by atoms with Crippen molar-refractivity contribution >= 4 is 0 Å². The third kappa shape index (κ3) is 3.72. The minimum Gasteiger partial charge on any atom is -0.377 e. The smallest absolute Gasteiger partial charge is 0.0699 e. The Bertz CT molecular complexity index is 212. The highest BCUT2D eigenvalue weighted by molar-refractivity contribution is 4.83. The molecule has 3 nitrogen and oxygen atoms in total. The largest absolute Gasteiger partial charge is 0.377 e. The first-order valence-electron chi connectivity index (χ1n) is 6.65. The Hall–Kier alpha value is -0.120. The van der Waals surface area contributed by atoms with Crippen molar-refractivity contribution in [1.82, 2.24) is 5.32 Å². The molecule has 0 radical (unpaired) electrons. The summed E-state index contributed by atoms with van der Waals surface area (Å²) in [6.07, 6.45) is 6.47. The second kappa shape index (κ2) is 5.48. The number of nitrogens with one attached hydrogen (secondary N) is 1. The van der Waals surface area contributed by atoms with E-state index in [0.717, 1.165) is 32.6 Å². The van der Waals surface area contributed by atoms with Crippen LogP contribution in [-0.2, 0) is 9.47 Å². The van der Waals surface area contributed by atoms with Crippen molar-refractivity contribution < 1.29 is 9.47 Å². The van der Waals surface area contributed by atoms with Gasteiger partial charge in [0.05, 0.1) is 11.7 Å². The van der Waals surface area contributed by atoms with Crippen LogP contribution in [0.15, 0.2) is 0 Å². The molecular weight excluding hydrogens is 202 g/mol. The lowest BCUT2D eigenvalue weighted by molar-refractivity contribution is -0.0656. The van der Waals surface area contributed by atoms with Gasteiger partial charge in [0.25, 0.3) is 0 Å². The van der Waals surface area contributed by atoms with Gasteiger partial charge in [-0.2, -0.15) is 0 Å². The van der Waals surface area contributed by atoms with Crippen LogP contribution in [0.3, 0.4) is 0 Å². The normalized spacial score (nSPS) is 34.9. The average Bonchev–Trinajstić information content (AvgIpc) is 2.27. The molecule has 0 bridgehead atoms. The summed E-state index contributed by atoms with van der Waals surface area (Å²) in [4.78, 5) is 0. The van der Waals surface area contributed by atoms with Crippen molar-refractivity contribution in [3.05, 3.63) is 0 Å². The van der Waals surface area contributed by atoms with Crippen molar-refractivity contribution in [2.24, 2.45) is 0 Å². The van der Waals surface area contributed by atoms with Gasteiger partial charge < -0.3 is 14.8 Å². The maximum Gasteiger partial charge on any atom is 0.0699 e. The van der Waals surface area contributed by atoms with Gasteiger partial charge in [-0.3, -0.25) is 0 Å². The molecule has 0 saturated carbocycles. The lowest BCUT2D eigenvalue weighted by Crippen LogP contribution is -2.46. The van der Waals surface area contributed by atoms with Crippen molar-refractivity contribution in [1.29, 1.82) is 0 Å². The van der Waals surface area contributed by atoms with Crippen LogP contribution in [0.4, 0.5) is 0 Å². The molecule has 0 spiro atoms. The van der Waals surface area contributed by atoms with E-state index in [-0.39, 0.29) is 5.60 Å². The van der Waals surface area contributed by atoms with Crippen LogP contribution in [0.25, 0.3) is 0 Å². The predicted molar refractivity (Wildman–Crippen MR) is 64.6 cm³/mol. The summed E-state index contributed by atoms with van der Waals surface area (Å²) >= 11 is 0. The Balaban J connectivity index is 1.68. The zero-order chi connectivity index (χ0) is 11.4. The molecule has 2 heterocycles. The fourth-order valence-electron chi connectivity index (χ4n) is 2.67. The molecule has 2 unspecified atom stereocenters. The molecule has 0 aromatic carbocycles. The van der Waals surface area contributed by atoms with Crippen molar-refractivity contribution in [2.45, 2.75) is 63.7 Å². The van der Waals surface area contributed by atoms with Gasteiger partial charge in [0.15, 0.2) is 0 Å². The lowest BCUT2D eigenvalue weighted by Gasteiger charge is -2.36. The first-order chi connectivity index (χ1) is 7.66. The highest BCUT2D eigenvalue weighted by Gasteiger charge is 2.29. The van der Waals surface area contributed by atoms with Gasteiger partial charge in [-0.05, 0) is 46.0 Å². The number of rotatable bonds is 3. The lowest BCUT2D eigenvalue weighted by atomic mass is 9.94. The second-order valence-electron chi connectivity index (χ2n) is 5.69. The number of hydrogen-bond donors (Lipinski definition) is 1. The summed E-state index contributed by atoms with van der Waals surface area (Å²) in [5, 5.41) is 3.64. The van der Waals surface area contributed by atoms with E-state index in [0.29, 0.717) is 12.1 Å². The first kappa shape index (κ1) is 12.3. The minimum absolute atomic E-state index is 0.0450. The van der Waals surface area contributed by atoms with E-state index in [9.17, 15) is 0 Å². The highest BCUT2D eigenvalue weighted by Crippen LogP contribution is 2.24. The molecule has 16 heavy (non-hydrogen) atoms. The Morgan fingerprint density at radius 2 is 2.06 bits per heavy atom. The summed E-state index contributed by atoms with van der Waals surface area (Å²) in [7, 11) is 0. The van der Waals surface area contributed by atoms with Crippen LogP contribution >= 0.6 is 0 Å². The van der Waals surface area contributed by atoms with Crippen LogP contribution in [-0.4, -0.2) is 37.5 Å². The Morgan fingerprint density at radius 3 is 2.75 bits per heavy atom. The molecule has 0 amide bonds. The average molecular weight is 227 g/mol. The van der Waals surface area contributed by atoms with Crippen molar-refractivity contribution in [2.75, 3.05) is 19.8 Å². The maximum absolute atomic E-state index is 5.73. The molecule has 0 aromatic rings. The van der Waals surface area contributed by atoms with Gasteiger partial charge in [-0.25, -0.2) is 0 Å². The Labute approximate surface area is 98.9 Å². The predicted octanol–water partition coefficient (Wildman–Crippen LogP) is 2.10. The Morgan fingerprint density at radius 1 is 1.19 bits per heavy atom. The molecule has 3 heteroatoms. The standard InChI is InChI=1S/C13H25NO2/c1-13(2)9-11(6-8-16-13)14-10-12-5-3-4-7-15-12/h11-12,14H,3-10H2,1-2H3. The van der Waals surface area contributed by atoms with Gasteiger partial charge in [0, 0.05) is 25.8 Å². The summed E-state index contributed by atoms with van der Waals surface area (Å²) in [5.41, 5.74) is 0.0450. The maximum atomic E-state index is 5.73. The van der Waals surface area contributed by atoms with Gasteiger partial charge in [0.2, 0.25) is 0 Å². The molecule has 0 aliphatic carbocycles. The highest BCUT2D eigenvalue weighted by atomic mass is 16.5. The quantitative estimate of drug-likeness (QED) is 0.801. The third-order valence-electron chi connectivity index (χ3n) is 3.61. The van der Waals surface area contributed by atoms with Crippen LogP contribution in [0.2, 0.25) is 0 Å². The van der Waals surface area contributed by atoms with E-state index in [1.165, 1.54) is 19.3 Å². The van der Waals surface area contributed by atoms with Crippen LogP contribution < -0.4 is 5.32 Å². The van der Waals surface area contributed by atoms with Crippen LogP contribution in [0, 0.1) is 0 Å². The molecule has 2 saturated heterocycles. The van der Waals surface area contributed by atoms with E-state index >= 15 is 0 Å². The van der Waals surface area contributed by atoms with Gasteiger partial charge in [0.1, 0.15) is 0 Å². The molecule has 1 N–H and O–H groups in total. The molecule has 94 valence electrons. The van der Waals surface area contributed by atoms with E-state index in [4.69, 9.17) is 9.47 Å². The summed E-state index contributed by atoms with van der Waals surface area (Å²) in [6.45, 7) is 7.21. The van der Waals surface area contributed by atoms with Gasteiger partial charge in [-0.15, -0.1) is 0 Å². The van der Waals surface area contributed by atoms with Crippen LogP contribution in [0.5, 0.6) is 0 Å². The molecule has 2 aliphatic heterocycles. The monoisotopic (exact) mass is 227 g/mol. The zero-order valence-corrected chi connectivity index (χ0v) is 10.6. The molecule has 2 aliphatic rings. The minimum atomic E-state index is 0.0450. The Kier molecular flexibility index (Phi) is 4.22. The molecule has 2 atom stereocenters. The fraction of sp³-hybridized carbons (Fsp3) is 1.00. The molecule has 0 aromatic heterocycles. The molecule has 2 rings (SSSR count). The SMILES string of the molecule is CC1(C)CC(NCC2CCCCO2)CCO1. The number of ether oxygens (including phenoxy) is 2. The second-order valence-corrected chi connectivity index (χ2v) is 5.69. The first-order valence-corrected chi connectivity index (χ1v) is 6.65. The summed E-state index contributed by atoms with van der Waals surface area (Å²) in [5.74, 6) is 0. The van der Waals surface area contributed by atoms with Crippen LogP contribution in [0.1, 0.15) is 46.0 Å². The topological polar surface area (TPSA) is 30.5 Å². The van der Waals surface area contributed by atoms with E-state index in [2.05, 4.69) is 19.2 Å². The van der Waals surface area contributed by atoms with E-state index < -0.39 is 0 Å². The van der Waals surface area contributed by atoms with Crippen molar-refractivity contribution in [3.8, 4) is 0 Å². The zero-order valence-electron chi connectivity index (χ0n) is 10.6. The fourth-order valence-corrected chi connectivity index (χ4v) is 2.67. The van der Waals surface area contributed by atoms with Crippen molar-refractivity contribution in [3.63, 3.8) is 0 Å². The number of hydrogen-bond acceptors (Lipinski definition) is 3. The van der Waals surface area contributed by atoms with Gasteiger partial charge in [-0.1, -0.05) is 0 Å². The third-order valence-corrected chi connectivity index (χ3v) is 3.61. The molecular formula is C13H25NO2. The summed E-state index contributed by atoms with van der Waals surface area (Å²) < 4.78 is 11.4. The van der Waals surface area contributed by atoms with E-state index in [1.54, 1.807) is 0 Å². The summed E-state index contributed by atoms with van der Waals surface area (Å²) in [6, 6.07) is 0.606. The molecule has 2 fully saturated rings.